The number of esters is 1. The van der Waals surface area contributed by atoms with Gasteiger partial charge in [-0.1, -0.05) is 12.2 Å². The van der Waals surface area contributed by atoms with Crippen LogP contribution in [0.25, 0.3) is 0 Å². The first-order valence-corrected chi connectivity index (χ1v) is 10.2. The summed E-state index contributed by atoms with van der Waals surface area (Å²) in [6.45, 7) is 10.8. The molecule has 0 N–H and O–H groups in total. The molecule has 0 aromatic rings. The molecule has 1 unspecified atom stereocenters. The van der Waals surface area contributed by atoms with Crippen molar-refractivity contribution in [2.75, 3.05) is 19.6 Å². The number of imide groups is 1. The molecule has 0 aromatic heterocycles. The van der Waals surface area contributed by atoms with Gasteiger partial charge in [-0.2, -0.15) is 23.5 Å². The standard InChI is InChI=1S/C17H29NO4S2/c1-11(2)9-13(19)18(6)14(20)10-12(16(23-7)24-8)15(21)22-17(3,4)5/h12,16H,1,9-10H2,2-8H3. The van der Waals surface area contributed by atoms with Crippen molar-refractivity contribution >= 4 is 41.3 Å². The van der Waals surface area contributed by atoms with Crippen LogP contribution in [0.4, 0.5) is 0 Å². The van der Waals surface area contributed by atoms with Crippen molar-refractivity contribution in [3.8, 4) is 0 Å². The Labute approximate surface area is 153 Å². The van der Waals surface area contributed by atoms with Crippen molar-refractivity contribution in [2.45, 2.75) is 50.7 Å². The lowest BCUT2D eigenvalue weighted by Crippen LogP contribution is -2.39. The van der Waals surface area contributed by atoms with Gasteiger partial charge in [0.15, 0.2) is 0 Å². The Morgan fingerprint density at radius 3 is 2.00 bits per heavy atom. The third-order valence-electron chi connectivity index (χ3n) is 3.10. The topological polar surface area (TPSA) is 63.7 Å². The Hall–Kier alpha value is -0.950. The third kappa shape index (κ3) is 8.24. The smallest absolute Gasteiger partial charge is 0.311 e. The maximum Gasteiger partial charge on any atom is 0.311 e. The molecule has 0 rings (SSSR count). The third-order valence-corrected chi connectivity index (χ3v) is 5.84. The second-order valence-electron chi connectivity index (χ2n) is 6.66. The minimum Gasteiger partial charge on any atom is -0.460 e. The highest BCUT2D eigenvalue weighted by Gasteiger charge is 2.35. The lowest BCUT2D eigenvalue weighted by Gasteiger charge is -2.28. The number of thioether (sulfide) groups is 2. The summed E-state index contributed by atoms with van der Waals surface area (Å²) in [5, 5.41) is 0. The molecule has 0 saturated carbocycles. The van der Waals surface area contributed by atoms with E-state index >= 15 is 0 Å². The van der Waals surface area contributed by atoms with Crippen molar-refractivity contribution in [1.29, 1.82) is 0 Å². The summed E-state index contributed by atoms with van der Waals surface area (Å²) < 4.78 is 5.34. The van der Waals surface area contributed by atoms with Gasteiger partial charge in [-0.3, -0.25) is 19.3 Å². The molecule has 0 heterocycles. The second kappa shape index (κ2) is 10.1. The maximum atomic E-state index is 12.5. The fraction of sp³-hybridized carbons (Fsp3) is 0.706. The average Bonchev–Trinajstić information content (AvgIpc) is 2.43. The van der Waals surface area contributed by atoms with E-state index < -0.39 is 17.5 Å². The van der Waals surface area contributed by atoms with E-state index in [0.717, 1.165) is 4.90 Å². The predicted molar refractivity (Wildman–Crippen MR) is 102 cm³/mol. The zero-order valence-corrected chi connectivity index (χ0v) is 17.3. The summed E-state index contributed by atoms with van der Waals surface area (Å²) in [5.41, 5.74) is 0.0657. The molecule has 0 radical (unpaired) electrons. The zero-order valence-electron chi connectivity index (χ0n) is 15.7. The highest BCUT2D eigenvalue weighted by Crippen LogP contribution is 2.31. The molecule has 24 heavy (non-hydrogen) atoms. The maximum absolute atomic E-state index is 12.5. The lowest BCUT2D eigenvalue weighted by atomic mass is 10.1. The Morgan fingerprint density at radius 2 is 1.62 bits per heavy atom. The predicted octanol–water partition coefficient (Wildman–Crippen LogP) is 3.34. The Morgan fingerprint density at radius 1 is 1.12 bits per heavy atom. The number of nitrogens with zero attached hydrogens (tertiary/aromatic N) is 1. The van der Waals surface area contributed by atoms with Crippen molar-refractivity contribution in [3.63, 3.8) is 0 Å². The largest absolute Gasteiger partial charge is 0.460 e. The van der Waals surface area contributed by atoms with Crippen LogP contribution in [0.15, 0.2) is 12.2 Å². The van der Waals surface area contributed by atoms with Crippen LogP contribution in [-0.2, 0) is 19.1 Å². The Kier molecular flexibility index (Phi) is 9.73. The van der Waals surface area contributed by atoms with E-state index in [1.54, 1.807) is 27.7 Å². The van der Waals surface area contributed by atoms with Gasteiger partial charge in [0.1, 0.15) is 5.60 Å². The molecular weight excluding hydrogens is 346 g/mol. The minimum atomic E-state index is -0.624. The van der Waals surface area contributed by atoms with E-state index in [9.17, 15) is 14.4 Å². The lowest BCUT2D eigenvalue weighted by molar-refractivity contribution is -0.162. The molecule has 1 atom stereocenters. The van der Waals surface area contributed by atoms with Gasteiger partial charge in [0.25, 0.3) is 0 Å². The number of hydrogen-bond acceptors (Lipinski definition) is 6. The molecule has 0 fully saturated rings. The fourth-order valence-electron chi connectivity index (χ4n) is 1.93. The van der Waals surface area contributed by atoms with Gasteiger partial charge in [-0.25, -0.2) is 0 Å². The molecule has 0 bridgehead atoms. The van der Waals surface area contributed by atoms with E-state index in [1.807, 2.05) is 12.5 Å². The molecule has 0 aliphatic rings. The number of carbonyl (C=O) groups is 3. The van der Waals surface area contributed by atoms with Crippen molar-refractivity contribution in [2.24, 2.45) is 5.92 Å². The summed E-state index contributed by atoms with van der Waals surface area (Å²) in [5.74, 6) is -1.72. The van der Waals surface area contributed by atoms with Crippen LogP contribution in [0.2, 0.25) is 0 Å². The van der Waals surface area contributed by atoms with Gasteiger partial charge < -0.3 is 4.74 Å². The number of ether oxygens (including phenoxy) is 1. The molecule has 138 valence electrons. The van der Waals surface area contributed by atoms with Crippen LogP contribution in [0.3, 0.4) is 0 Å². The summed E-state index contributed by atoms with van der Waals surface area (Å²) in [4.78, 5) is 38.0. The quantitative estimate of drug-likeness (QED) is 0.368. The minimum absolute atomic E-state index is 0.0559. The second-order valence-corrected chi connectivity index (χ2v) is 8.92. The van der Waals surface area contributed by atoms with Gasteiger partial charge in [0.2, 0.25) is 11.8 Å². The molecule has 0 aliphatic heterocycles. The summed E-state index contributed by atoms with van der Waals surface area (Å²) in [6.07, 6.45) is 3.84. The molecule has 0 spiro atoms. The van der Waals surface area contributed by atoms with Crippen molar-refractivity contribution in [1.82, 2.24) is 4.90 Å². The van der Waals surface area contributed by atoms with E-state index in [2.05, 4.69) is 6.58 Å². The summed E-state index contributed by atoms with van der Waals surface area (Å²) in [6, 6.07) is 0. The van der Waals surface area contributed by atoms with E-state index in [-0.39, 0.29) is 29.2 Å². The van der Waals surface area contributed by atoms with Crippen molar-refractivity contribution in [3.05, 3.63) is 12.2 Å². The summed E-state index contributed by atoms with van der Waals surface area (Å²) in [7, 11) is 1.44. The van der Waals surface area contributed by atoms with Crippen molar-refractivity contribution < 1.29 is 19.1 Å². The first kappa shape index (κ1) is 23.1. The molecular formula is C17H29NO4S2. The molecule has 7 heteroatoms. The van der Waals surface area contributed by atoms with Gasteiger partial charge in [0, 0.05) is 19.9 Å². The molecule has 2 amide bonds. The Bertz CT molecular complexity index is 481. The molecule has 0 aliphatic carbocycles. The zero-order chi connectivity index (χ0) is 19.1. The SMILES string of the molecule is C=C(C)CC(=O)N(C)C(=O)CC(C(=O)OC(C)(C)C)C(SC)SC. The first-order valence-electron chi connectivity index (χ1n) is 7.65. The number of rotatable bonds is 8. The molecule has 0 aromatic carbocycles. The van der Waals surface area contributed by atoms with Gasteiger partial charge in [0.05, 0.1) is 10.5 Å². The molecule has 0 saturated heterocycles. The number of carbonyl (C=O) groups excluding carboxylic acids is 3. The highest BCUT2D eigenvalue weighted by atomic mass is 32.2. The van der Waals surface area contributed by atoms with Crippen LogP contribution in [-0.4, -0.2) is 52.4 Å². The van der Waals surface area contributed by atoms with Crippen LogP contribution in [0.5, 0.6) is 0 Å². The Balaban J connectivity index is 5.18. The average molecular weight is 376 g/mol. The normalized spacial score (nSPS) is 12.7. The highest BCUT2D eigenvalue weighted by molar-refractivity contribution is 8.16. The van der Waals surface area contributed by atoms with Crippen LogP contribution < -0.4 is 0 Å². The summed E-state index contributed by atoms with van der Waals surface area (Å²) >= 11 is 2.99. The van der Waals surface area contributed by atoms with Crippen LogP contribution in [0.1, 0.15) is 40.5 Å². The number of amides is 2. The van der Waals surface area contributed by atoms with E-state index in [4.69, 9.17) is 4.74 Å². The van der Waals surface area contributed by atoms with Crippen LogP contribution >= 0.6 is 23.5 Å². The van der Waals surface area contributed by atoms with Gasteiger partial charge in [-0.15, -0.1) is 0 Å². The van der Waals surface area contributed by atoms with Gasteiger partial charge >= 0.3 is 5.97 Å². The van der Waals surface area contributed by atoms with Crippen LogP contribution in [0, 0.1) is 5.92 Å². The van der Waals surface area contributed by atoms with E-state index in [0.29, 0.717) is 5.57 Å². The monoisotopic (exact) mass is 375 g/mol. The molecule has 5 nitrogen and oxygen atoms in total. The van der Waals surface area contributed by atoms with E-state index in [1.165, 1.54) is 30.6 Å². The first-order chi connectivity index (χ1) is 10.9. The number of hydrogen-bond donors (Lipinski definition) is 0. The van der Waals surface area contributed by atoms with Gasteiger partial charge in [-0.05, 0) is 40.2 Å². The fourth-order valence-corrected chi connectivity index (χ4v) is 3.78.